The average Bonchev–Trinajstić information content (AvgIpc) is 2.48. The zero-order chi connectivity index (χ0) is 13.9. The van der Waals surface area contributed by atoms with Crippen LogP contribution in [0, 0.1) is 11.8 Å². The lowest BCUT2D eigenvalue weighted by atomic mass is 9.79. The van der Waals surface area contributed by atoms with Crippen LogP contribution in [-0.4, -0.2) is 5.78 Å². The minimum absolute atomic E-state index is 0.296. The van der Waals surface area contributed by atoms with Crippen molar-refractivity contribution < 1.29 is 4.79 Å². The van der Waals surface area contributed by atoms with Gasteiger partial charge >= 0.3 is 0 Å². The minimum atomic E-state index is 0.296. The van der Waals surface area contributed by atoms with Crippen molar-refractivity contribution in [2.45, 2.75) is 39.0 Å². The number of ketones is 1. The summed E-state index contributed by atoms with van der Waals surface area (Å²) in [6.07, 6.45) is 5.20. The van der Waals surface area contributed by atoms with E-state index in [9.17, 15) is 4.79 Å². The van der Waals surface area contributed by atoms with Gasteiger partial charge in [-0.2, -0.15) is 0 Å². The molecule has 0 atom stereocenters. The third kappa shape index (κ3) is 2.77. The molecule has 3 rings (SSSR count). The minimum Gasteiger partial charge on any atom is -0.299 e. The van der Waals surface area contributed by atoms with Gasteiger partial charge in [0, 0.05) is 12.3 Å². The van der Waals surface area contributed by atoms with Crippen LogP contribution in [0.15, 0.2) is 42.5 Å². The molecule has 1 fully saturated rings. The molecule has 2 aromatic carbocycles. The van der Waals surface area contributed by atoms with Crippen LogP contribution in [-0.2, 0) is 11.2 Å². The highest BCUT2D eigenvalue weighted by molar-refractivity contribution is 5.91. The molecule has 0 amide bonds. The highest BCUT2D eigenvalue weighted by Crippen LogP contribution is 2.30. The quantitative estimate of drug-likeness (QED) is 0.781. The van der Waals surface area contributed by atoms with Crippen LogP contribution in [0.4, 0.5) is 0 Å². The van der Waals surface area contributed by atoms with Gasteiger partial charge in [-0.25, -0.2) is 0 Å². The Hall–Kier alpha value is -1.63. The third-order valence-corrected chi connectivity index (χ3v) is 4.72. The van der Waals surface area contributed by atoms with Gasteiger partial charge in [0.05, 0.1) is 0 Å². The first-order valence-corrected chi connectivity index (χ1v) is 7.73. The van der Waals surface area contributed by atoms with Crippen molar-refractivity contribution in [3.05, 3.63) is 48.0 Å². The summed E-state index contributed by atoms with van der Waals surface area (Å²) in [7, 11) is 0. The number of benzene rings is 2. The molecule has 1 heteroatoms. The van der Waals surface area contributed by atoms with Gasteiger partial charge < -0.3 is 0 Å². The molecule has 0 heterocycles. The van der Waals surface area contributed by atoms with E-state index in [-0.39, 0.29) is 0 Å². The Kier molecular flexibility index (Phi) is 3.86. The van der Waals surface area contributed by atoms with Gasteiger partial charge in [0.2, 0.25) is 0 Å². The Balaban J connectivity index is 1.77. The van der Waals surface area contributed by atoms with Crippen molar-refractivity contribution in [3.8, 4) is 0 Å². The van der Waals surface area contributed by atoms with Gasteiger partial charge in [-0.15, -0.1) is 0 Å². The summed E-state index contributed by atoms with van der Waals surface area (Å²) in [5, 5.41) is 2.46. The molecule has 1 nitrogen and oxygen atoms in total. The molecule has 0 saturated heterocycles. The molecule has 1 saturated carbocycles. The van der Waals surface area contributed by atoms with Crippen molar-refractivity contribution in [3.63, 3.8) is 0 Å². The molecular weight excluding hydrogens is 244 g/mol. The van der Waals surface area contributed by atoms with E-state index in [4.69, 9.17) is 0 Å². The van der Waals surface area contributed by atoms with Gasteiger partial charge in [0.15, 0.2) is 0 Å². The van der Waals surface area contributed by atoms with Gasteiger partial charge in [-0.05, 0) is 35.1 Å². The van der Waals surface area contributed by atoms with E-state index < -0.39 is 0 Å². The Morgan fingerprint density at radius 1 is 1.00 bits per heavy atom. The van der Waals surface area contributed by atoms with E-state index in [1.807, 2.05) is 0 Å². The molecule has 0 spiro atoms. The number of Topliss-reactive ketones (excluding diaryl/α,β-unsaturated/α-hetero) is 1. The summed E-state index contributed by atoms with van der Waals surface area (Å²) < 4.78 is 0. The highest BCUT2D eigenvalue weighted by Gasteiger charge is 2.24. The van der Waals surface area contributed by atoms with Crippen LogP contribution in [0.1, 0.15) is 38.2 Å². The largest absolute Gasteiger partial charge is 0.299 e. The van der Waals surface area contributed by atoms with E-state index >= 15 is 0 Å². The second kappa shape index (κ2) is 5.78. The first kappa shape index (κ1) is 13.4. The molecule has 1 aliphatic carbocycles. The second-order valence-corrected chi connectivity index (χ2v) is 6.24. The lowest BCUT2D eigenvalue weighted by molar-refractivity contribution is -0.123. The molecule has 0 radical (unpaired) electrons. The fourth-order valence-corrected chi connectivity index (χ4v) is 3.36. The molecule has 0 unspecified atom stereocenters. The number of hydrogen-bond acceptors (Lipinski definition) is 1. The molecule has 1 aliphatic rings. The predicted octanol–water partition coefficient (Wildman–Crippen LogP) is 4.78. The van der Waals surface area contributed by atoms with Crippen molar-refractivity contribution in [1.29, 1.82) is 0 Å². The fraction of sp³-hybridized carbons (Fsp3) is 0.421. The van der Waals surface area contributed by atoms with Crippen LogP contribution in [0.25, 0.3) is 10.8 Å². The Bertz CT molecular complexity index is 601. The zero-order valence-electron chi connectivity index (χ0n) is 12.1. The van der Waals surface area contributed by atoms with Gasteiger partial charge in [-0.1, -0.05) is 62.2 Å². The number of hydrogen-bond donors (Lipinski definition) is 0. The normalized spacial score (nSPS) is 22.9. The maximum absolute atomic E-state index is 12.5. The van der Waals surface area contributed by atoms with E-state index in [2.05, 4.69) is 49.4 Å². The SMILES string of the molecule is CC1CCC(C(=O)Cc2cccc3ccccc23)CC1. The van der Waals surface area contributed by atoms with Crippen LogP contribution in [0.3, 0.4) is 0 Å². The van der Waals surface area contributed by atoms with E-state index in [1.54, 1.807) is 0 Å². The Morgan fingerprint density at radius 2 is 1.70 bits per heavy atom. The highest BCUT2D eigenvalue weighted by atomic mass is 16.1. The summed E-state index contributed by atoms with van der Waals surface area (Å²) >= 11 is 0. The maximum Gasteiger partial charge on any atom is 0.140 e. The number of rotatable bonds is 3. The molecular formula is C19H22O. The van der Waals surface area contributed by atoms with Crippen LogP contribution in [0.2, 0.25) is 0 Å². The fourth-order valence-electron chi connectivity index (χ4n) is 3.36. The van der Waals surface area contributed by atoms with E-state index in [1.165, 1.54) is 29.2 Å². The lowest BCUT2D eigenvalue weighted by Crippen LogP contribution is -2.22. The number of fused-ring (bicyclic) bond motifs is 1. The summed E-state index contributed by atoms with van der Waals surface area (Å²) in [5.74, 6) is 1.54. The Morgan fingerprint density at radius 3 is 2.50 bits per heavy atom. The molecule has 0 N–H and O–H groups in total. The van der Waals surface area contributed by atoms with Gasteiger partial charge in [0.25, 0.3) is 0 Å². The van der Waals surface area contributed by atoms with Crippen LogP contribution in [0.5, 0.6) is 0 Å². The summed E-state index contributed by atoms with van der Waals surface area (Å²) in [6.45, 7) is 2.30. The summed E-state index contributed by atoms with van der Waals surface area (Å²) in [6, 6.07) is 14.6. The maximum atomic E-state index is 12.5. The molecule has 0 aliphatic heterocycles. The van der Waals surface area contributed by atoms with Gasteiger partial charge in [0.1, 0.15) is 5.78 Å². The average molecular weight is 266 g/mol. The van der Waals surface area contributed by atoms with Crippen LogP contribution < -0.4 is 0 Å². The molecule has 20 heavy (non-hydrogen) atoms. The molecule has 0 aromatic heterocycles. The number of carbonyl (C=O) groups is 1. The lowest BCUT2D eigenvalue weighted by Gasteiger charge is -2.25. The Labute approximate surface area is 121 Å². The topological polar surface area (TPSA) is 17.1 Å². The summed E-state index contributed by atoms with van der Waals surface area (Å²) in [5.41, 5.74) is 1.19. The first-order valence-electron chi connectivity index (χ1n) is 7.73. The molecule has 2 aromatic rings. The predicted molar refractivity (Wildman–Crippen MR) is 83.8 cm³/mol. The monoisotopic (exact) mass is 266 g/mol. The zero-order valence-corrected chi connectivity index (χ0v) is 12.1. The van der Waals surface area contributed by atoms with Gasteiger partial charge in [-0.3, -0.25) is 4.79 Å². The smallest absolute Gasteiger partial charge is 0.140 e. The summed E-state index contributed by atoms with van der Waals surface area (Å²) in [4.78, 5) is 12.5. The van der Waals surface area contributed by atoms with Crippen molar-refractivity contribution in [2.24, 2.45) is 11.8 Å². The van der Waals surface area contributed by atoms with E-state index in [0.29, 0.717) is 18.1 Å². The standard InChI is InChI=1S/C19H22O/c1-14-9-11-16(12-10-14)19(20)13-17-7-4-6-15-5-2-3-8-18(15)17/h2-8,14,16H,9-13H2,1H3. The second-order valence-electron chi connectivity index (χ2n) is 6.24. The molecule has 104 valence electrons. The van der Waals surface area contributed by atoms with Crippen molar-refractivity contribution >= 4 is 16.6 Å². The van der Waals surface area contributed by atoms with E-state index in [0.717, 1.165) is 18.8 Å². The number of carbonyl (C=O) groups excluding carboxylic acids is 1. The molecule has 0 bridgehead atoms. The third-order valence-electron chi connectivity index (χ3n) is 4.72. The van der Waals surface area contributed by atoms with Crippen molar-refractivity contribution in [2.75, 3.05) is 0 Å². The van der Waals surface area contributed by atoms with Crippen molar-refractivity contribution in [1.82, 2.24) is 0 Å². The first-order chi connectivity index (χ1) is 9.74. The van der Waals surface area contributed by atoms with Crippen LogP contribution >= 0.6 is 0 Å².